The number of sulfone groups is 1. The number of benzene rings is 1. The number of carbonyl (C=O) groups is 1. The van der Waals surface area contributed by atoms with Gasteiger partial charge in [-0.1, -0.05) is 19.9 Å². The second kappa shape index (κ2) is 5.56. The Bertz CT molecular complexity index is 596. The highest BCUT2D eigenvalue weighted by Gasteiger charge is 2.34. The normalized spacial score (nSPS) is 27.2. The summed E-state index contributed by atoms with van der Waals surface area (Å²) >= 11 is 0. The fraction of sp³-hybridized carbons (Fsp3) is 0.533. The zero-order valence-electron chi connectivity index (χ0n) is 11.7. The molecule has 0 aliphatic heterocycles. The summed E-state index contributed by atoms with van der Waals surface area (Å²) < 4.78 is 25.3. The zero-order valence-corrected chi connectivity index (χ0v) is 12.6. The van der Waals surface area contributed by atoms with Crippen molar-refractivity contribution >= 4 is 15.8 Å². The van der Waals surface area contributed by atoms with E-state index < -0.39 is 21.1 Å². The molecule has 1 fully saturated rings. The van der Waals surface area contributed by atoms with Crippen LogP contribution in [0, 0.1) is 11.8 Å². The van der Waals surface area contributed by atoms with E-state index in [9.17, 15) is 13.2 Å². The lowest BCUT2D eigenvalue weighted by atomic mass is 9.83. The maximum absolute atomic E-state index is 12.7. The molecule has 1 aromatic rings. The SMILES string of the molecule is CC1CC(C)CC(S(=O)(=O)c2cccc(C(=O)O)c2)C1. The molecule has 0 saturated heterocycles. The predicted octanol–water partition coefficient (Wildman–Crippen LogP) is 2.98. The quantitative estimate of drug-likeness (QED) is 0.930. The van der Waals surface area contributed by atoms with Crippen molar-refractivity contribution in [1.29, 1.82) is 0 Å². The number of carboxylic acids is 1. The van der Waals surface area contributed by atoms with Gasteiger partial charge in [0.05, 0.1) is 15.7 Å². The van der Waals surface area contributed by atoms with Crippen LogP contribution in [-0.2, 0) is 9.84 Å². The van der Waals surface area contributed by atoms with Crippen LogP contribution in [0.1, 0.15) is 43.5 Å². The molecule has 4 nitrogen and oxygen atoms in total. The van der Waals surface area contributed by atoms with E-state index in [1.54, 1.807) is 0 Å². The van der Waals surface area contributed by atoms with Gasteiger partial charge < -0.3 is 5.11 Å². The maximum atomic E-state index is 12.7. The summed E-state index contributed by atoms with van der Waals surface area (Å²) in [6, 6.07) is 5.66. The third-order valence-electron chi connectivity index (χ3n) is 3.98. The van der Waals surface area contributed by atoms with Crippen molar-refractivity contribution in [2.45, 2.75) is 43.3 Å². The molecule has 2 unspecified atom stereocenters. The van der Waals surface area contributed by atoms with Gasteiger partial charge in [-0.2, -0.15) is 0 Å². The van der Waals surface area contributed by atoms with E-state index in [4.69, 9.17) is 5.11 Å². The predicted molar refractivity (Wildman–Crippen MR) is 76.6 cm³/mol. The number of aromatic carboxylic acids is 1. The summed E-state index contributed by atoms with van der Waals surface area (Å²) in [5, 5.41) is 8.58. The molecule has 0 amide bonds. The lowest BCUT2D eigenvalue weighted by molar-refractivity contribution is 0.0696. The molecule has 1 aliphatic rings. The topological polar surface area (TPSA) is 71.4 Å². The average molecular weight is 296 g/mol. The number of carboxylic acid groups (broad SMARTS) is 1. The van der Waals surface area contributed by atoms with Crippen molar-refractivity contribution < 1.29 is 18.3 Å². The fourth-order valence-electron chi connectivity index (χ4n) is 3.13. The van der Waals surface area contributed by atoms with Gasteiger partial charge in [0.15, 0.2) is 9.84 Å². The average Bonchev–Trinajstić information content (AvgIpc) is 2.37. The molecule has 0 heterocycles. The summed E-state index contributed by atoms with van der Waals surface area (Å²) in [5.74, 6) is -0.324. The Balaban J connectivity index is 2.34. The third-order valence-corrected chi connectivity index (χ3v) is 6.16. The molecule has 5 heteroatoms. The number of hydrogen-bond acceptors (Lipinski definition) is 3. The Morgan fingerprint density at radius 2 is 1.75 bits per heavy atom. The second-order valence-corrected chi connectivity index (χ2v) is 8.15. The number of rotatable bonds is 3. The molecule has 0 aromatic heterocycles. The van der Waals surface area contributed by atoms with Crippen LogP contribution in [-0.4, -0.2) is 24.7 Å². The molecule has 0 spiro atoms. The van der Waals surface area contributed by atoms with Crippen LogP contribution in [0.5, 0.6) is 0 Å². The fourth-order valence-corrected chi connectivity index (χ4v) is 5.23. The van der Waals surface area contributed by atoms with Gasteiger partial charge in [0, 0.05) is 0 Å². The lowest BCUT2D eigenvalue weighted by Crippen LogP contribution is -2.31. The largest absolute Gasteiger partial charge is 0.478 e. The second-order valence-electron chi connectivity index (χ2n) is 5.92. The molecular weight excluding hydrogens is 276 g/mol. The highest BCUT2D eigenvalue weighted by atomic mass is 32.2. The Hall–Kier alpha value is -1.36. The monoisotopic (exact) mass is 296 g/mol. The van der Waals surface area contributed by atoms with E-state index >= 15 is 0 Å². The van der Waals surface area contributed by atoms with Gasteiger partial charge in [0.1, 0.15) is 0 Å². The first kappa shape index (κ1) is 15.0. The van der Waals surface area contributed by atoms with Crippen molar-refractivity contribution in [2.75, 3.05) is 0 Å². The Labute approximate surface area is 119 Å². The molecule has 1 saturated carbocycles. The molecular formula is C15H20O4S. The van der Waals surface area contributed by atoms with Crippen LogP contribution >= 0.6 is 0 Å². The van der Waals surface area contributed by atoms with Crippen molar-refractivity contribution in [3.05, 3.63) is 29.8 Å². The first-order valence-electron chi connectivity index (χ1n) is 6.88. The molecule has 1 aliphatic carbocycles. The van der Waals surface area contributed by atoms with Gasteiger partial charge in [0.25, 0.3) is 0 Å². The van der Waals surface area contributed by atoms with E-state index in [1.807, 2.05) is 0 Å². The van der Waals surface area contributed by atoms with Crippen LogP contribution in [0.2, 0.25) is 0 Å². The summed E-state index contributed by atoms with van der Waals surface area (Å²) in [4.78, 5) is 11.1. The molecule has 2 atom stereocenters. The van der Waals surface area contributed by atoms with Crippen molar-refractivity contribution in [2.24, 2.45) is 11.8 Å². The highest BCUT2D eigenvalue weighted by Crippen LogP contribution is 2.35. The van der Waals surface area contributed by atoms with Gasteiger partial charge >= 0.3 is 5.97 Å². The third kappa shape index (κ3) is 3.03. The summed E-state index contributed by atoms with van der Waals surface area (Å²) in [6.07, 6.45) is 2.37. The molecule has 20 heavy (non-hydrogen) atoms. The smallest absolute Gasteiger partial charge is 0.335 e. The van der Waals surface area contributed by atoms with E-state index in [0.29, 0.717) is 24.7 Å². The molecule has 1 N–H and O–H groups in total. The van der Waals surface area contributed by atoms with Crippen LogP contribution in [0.3, 0.4) is 0 Å². The highest BCUT2D eigenvalue weighted by molar-refractivity contribution is 7.92. The van der Waals surface area contributed by atoms with E-state index in [2.05, 4.69) is 13.8 Å². The Kier molecular flexibility index (Phi) is 4.18. The standard InChI is InChI=1S/C15H20O4S/c1-10-6-11(2)8-14(7-10)20(18,19)13-5-3-4-12(9-13)15(16)17/h3-5,9-11,14H,6-8H2,1-2H3,(H,16,17). The van der Waals surface area contributed by atoms with Crippen LogP contribution in [0.15, 0.2) is 29.2 Å². The van der Waals surface area contributed by atoms with Crippen molar-refractivity contribution in [1.82, 2.24) is 0 Å². The molecule has 1 aromatic carbocycles. The minimum absolute atomic E-state index is 0.0166. The molecule has 110 valence electrons. The van der Waals surface area contributed by atoms with Crippen LogP contribution in [0.4, 0.5) is 0 Å². The van der Waals surface area contributed by atoms with Gasteiger partial charge in [0.2, 0.25) is 0 Å². The van der Waals surface area contributed by atoms with Crippen LogP contribution in [0.25, 0.3) is 0 Å². The first-order valence-corrected chi connectivity index (χ1v) is 8.42. The first-order chi connectivity index (χ1) is 9.30. The summed E-state index contributed by atoms with van der Waals surface area (Å²) in [7, 11) is -3.45. The molecule has 2 rings (SSSR count). The molecule has 0 radical (unpaired) electrons. The number of hydrogen-bond donors (Lipinski definition) is 1. The maximum Gasteiger partial charge on any atom is 0.335 e. The van der Waals surface area contributed by atoms with Gasteiger partial charge in [-0.15, -0.1) is 0 Å². The van der Waals surface area contributed by atoms with E-state index in [1.165, 1.54) is 24.3 Å². The van der Waals surface area contributed by atoms with Crippen LogP contribution < -0.4 is 0 Å². The van der Waals surface area contributed by atoms with Crippen molar-refractivity contribution in [3.63, 3.8) is 0 Å². The van der Waals surface area contributed by atoms with Gasteiger partial charge in [-0.3, -0.25) is 0 Å². The van der Waals surface area contributed by atoms with Crippen molar-refractivity contribution in [3.8, 4) is 0 Å². The summed E-state index contributed by atoms with van der Waals surface area (Å²) in [5.41, 5.74) is 0.0166. The van der Waals surface area contributed by atoms with E-state index in [-0.39, 0.29) is 10.5 Å². The zero-order chi connectivity index (χ0) is 14.9. The van der Waals surface area contributed by atoms with E-state index in [0.717, 1.165) is 6.42 Å². The minimum Gasteiger partial charge on any atom is -0.478 e. The summed E-state index contributed by atoms with van der Waals surface area (Å²) in [6.45, 7) is 4.15. The Morgan fingerprint density at radius 1 is 1.15 bits per heavy atom. The lowest BCUT2D eigenvalue weighted by Gasteiger charge is -2.31. The van der Waals surface area contributed by atoms with Gasteiger partial charge in [-0.25, -0.2) is 13.2 Å². The van der Waals surface area contributed by atoms with Gasteiger partial charge in [-0.05, 0) is 49.3 Å². The molecule has 0 bridgehead atoms. The Morgan fingerprint density at radius 3 is 2.30 bits per heavy atom. The minimum atomic E-state index is -3.45.